The van der Waals surface area contributed by atoms with Crippen LogP contribution in [0.3, 0.4) is 0 Å². The highest BCUT2D eigenvalue weighted by Gasteiger charge is 2.24. The van der Waals surface area contributed by atoms with E-state index >= 15 is 0 Å². The van der Waals surface area contributed by atoms with Crippen molar-refractivity contribution in [3.8, 4) is 0 Å². The van der Waals surface area contributed by atoms with Gasteiger partial charge in [-0.3, -0.25) is 4.79 Å². The maximum atomic E-state index is 13.4. The number of hydrogen-bond acceptors (Lipinski definition) is 8. The van der Waals surface area contributed by atoms with Crippen LogP contribution in [-0.2, 0) is 4.74 Å². The van der Waals surface area contributed by atoms with Gasteiger partial charge in [-0.25, -0.2) is 9.97 Å². The molecule has 2 aliphatic heterocycles. The minimum absolute atomic E-state index is 0.0362. The van der Waals surface area contributed by atoms with E-state index in [0.717, 1.165) is 44.7 Å². The molecule has 2 saturated heterocycles. The third-order valence-electron chi connectivity index (χ3n) is 6.63. The number of aromatic amines is 1. The van der Waals surface area contributed by atoms with Gasteiger partial charge in [0, 0.05) is 43.6 Å². The van der Waals surface area contributed by atoms with E-state index in [9.17, 15) is 9.90 Å². The predicted molar refractivity (Wildman–Crippen MR) is 127 cm³/mol. The summed E-state index contributed by atoms with van der Waals surface area (Å²) in [6, 6.07) is 7.91. The Labute approximate surface area is 192 Å². The van der Waals surface area contributed by atoms with E-state index in [2.05, 4.69) is 37.1 Å². The predicted octanol–water partition coefficient (Wildman–Crippen LogP) is 1.89. The number of piperazine rings is 1. The monoisotopic (exact) mass is 450 g/mol. The first kappa shape index (κ1) is 21.8. The summed E-state index contributed by atoms with van der Waals surface area (Å²) in [5.74, 6) is 0.555. The molecule has 3 N–H and O–H groups in total. The van der Waals surface area contributed by atoms with Crippen LogP contribution in [0.4, 0.5) is 11.5 Å². The highest BCUT2D eigenvalue weighted by molar-refractivity contribution is 6.18. The number of likely N-dealkylation sites (N-methyl/N-ethyl adjacent to an activating group) is 1. The van der Waals surface area contributed by atoms with E-state index in [1.54, 1.807) is 6.20 Å². The fourth-order valence-corrected chi connectivity index (χ4v) is 4.55. The quantitative estimate of drug-likeness (QED) is 0.489. The smallest absolute Gasteiger partial charge is 0.195 e. The molecule has 0 unspecified atom stereocenters. The first-order valence-electron chi connectivity index (χ1n) is 11.5. The Morgan fingerprint density at radius 2 is 1.97 bits per heavy atom. The molecule has 0 amide bonds. The fourth-order valence-electron chi connectivity index (χ4n) is 4.55. The maximum absolute atomic E-state index is 13.4. The number of hydrogen-bond donors (Lipinski definition) is 3. The number of carbonyl (C=O) groups is 1. The second-order valence-electron chi connectivity index (χ2n) is 8.87. The van der Waals surface area contributed by atoms with E-state index in [0.29, 0.717) is 34.6 Å². The number of rotatable bonds is 6. The van der Waals surface area contributed by atoms with Gasteiger partial charge in [-0.2, -0.15) is 0 Å². The van der Waals surface area contributed by atoms with Crippen molar-refractivity contribution < 1.29 is 14.6 Å². The number of aliphatic hydroxyl groups excluding tert-OH is 1. The summed E-state index contributed by atoms with van der Waals surface area (Å²) in [7, 11) is 2.14. The molecule has 1 aromatic carbocycles. The summed E-state index contributed by atoms with van der Waals surface area (Å²) in [6.45, 7) is 4.58. The average molecular weight is 451 g/mol. The van der Waals surface area contributed by atoms with Crippen molar-refractivity contribution in [2.24, 2.45) is 0 Å². The molecule has 2 aliphatic rings. The number of carbonyl (C=O) groups excluding carboxylic acids is 1. The lowest BCUT2D eigenvalue weighted by atomic mass is 10.0. The number of nitrogens with zero attached hydrogens (tertiary/aromatic N) is 4. The van der Waals surface area contributed by atoms with Crippen LogP contribution >= 0.6 is 0 Å². The lowest BCUT2D eigenvalue weighted by molar-refractivity contribution is -0.0224. The average Bonchev–Trinajstić information content (AvgIpc) is 3.30. The van der Waals surface area contributed by atoms with Crippen LogP contribution < -0.4 is 10.2 Å². The second-order valence-corrected chi connectivity index (χ2v) is 8.87. The van der Waals surface area contributed by atoms with Crippen LogP contribution in [0.2, 0.25) is 0 Å². The summed E-state index contributed by atoms with van der Waals surface area (Å²) >= 11 is 0. The number of aromatic nitrogens is 3. The number of ketones is 1. The lowest BCUT2D eigenvalue weighted by Gasteiger charge is -2.34. The number of benzene rings is 1. The lowest BCUT2D eigenvalue weighted by Crippen LogP contribution is -2.44. The molecular formula is C24H30N6O3. The molecule has 2 atom stereocenters. The Balaban J connectivity index is 1.35. The molecule has 0 spiro atoms. The number of H-pyrrole nitrogens is 1. The highest BCUT2D eigenvalue weighted by Crippen LogP contribution is 2.28. The van der Waals surface area contributed by atoms with Gasteiger partial charge >= 0.3 is 0 Å². The van der Waals surface area contributed by atoms with Crippen LogP contribution in [-0.4, -0.2) is 89.3 Å². The molecule has 9 heteroatoms. The fraction of sp³-hybridized carbons (Fsp3) is 0.458. The van der Waals surface area contributed by atoms with Crippen LogP contribution in [0.25, 0.3) is 11.0 Å². The van der Waals surface area contributed by atoms with E-state index < -0.39 is 0 Å². The molecule has 4 heterocycles. The number of anilines is 2. The molecule has 0 radical (unpaired) electrons. The zero-order chi connectivity index (χ0) is 22.8. The summed E-state index contributed by atoms with van der Waals surface area (Å²) in [5, 5.41) is 13.4. The van der Waals surface area contributed by atoms with Crippen molar-refractivity contribution in [3.05, 3.63) is 47.9 Å². The van der Waals surface area contributed by atoms with E-state index in [1.165, 1.54) is 6.33 Å². The first-order chi connectivity index (χ1) is 16.1. The molecule has 0 aliphatic carbocycles. The molecule has 3 aromatic rings. The Hall–Kier alpha value is -3.01. The number of aliphatic hydroxyl groups is 1. The molecule has 174 valence electrons. The van der Waals surface area contributed by atoms with Gasteiger partial charge in [0.25, 0.3) is 0 Å². The summed E-state index contributed by atoms with van der Waals surface area (Å²) in [4.78, 5) is 29.9. The van der Waals surface area contributed by atoms with Gasteiger partial charge < -0.3 is 29.9 Å². The Morgan fingerprint density at radius 3 is 2.67 bits per heavy atom. The van der Waals surface area contributed by atoms with E-state index in [4.69, 9.17) is 4.74 Å². The molecule has 9 nitrogen and oxygen atoms in total. The summed E-state index contributed by atoms with van der Waals surface area (Å²) in [5.41, 5.74) is 2.94. The van der Waals surface area contributed by atoms with Gasteiger partial charge in [-0.15, -0.1) is 0 Å². The third-order valence-corrected chi connectivity index (χ3v) is 6.63. The zero-order valence-corrected chi connectivity index (χ0v) is 18.8. The first-order valence-corrected chi connectivity index (χ1v) is 11.5. The van der Waals surface area contributed by atoms with Crippen molar-refractivity contribution in [3.63, 3.8) is 0 Å². The van der Waals surface area contributed by atoms with Crippen molar-refractivity contribution in [2.75, 3.05) is 56.7 Å². The van der Waals surface area contributed by atoms with Gasteiger partial charge in [0.1, 0.15) is 17.8 Å². The standard InChI is InChI=1S/C24H30N6O3/c1-29-8-10-30(11-9-29)18-5-2-16(3-6-18)22(32)20-12-25-23-21(20)24(27-15-26-23)28-17-4-7-19(13-31)33-14-17/h2-3,5-6,12,15,17,19,31H,4,7-11,13-14H2,1H3,(H2,25,26,27,28)/t17-,19-/m0/s1. The van der Waals surface area contributed by atoms with Crippen molar-refractivity contribution in [1.29, 1.82) is 0 Å². The SMILES string of the molecule is CN1CCN(c2ccc(C(=O)c3c[nH]c4ncnc(N[C@H]5CC[C@@H](CO)OC5)c34)cc2)CC1. The molecule has 0 bridgehead atoms. The second kappa shape index (κ2) is 9.46. The van der Waals surface area contributed by atoms with Gasteiger partial charge in [-0.05, 0) is 44.2 Å². The Kier molecular flexibility index (Phi) is 6.26. The van der Waals surface area contributed by atoms with E-state index in [-0.39, 0.29) is 24.5 Å². The molecule has 2 aromatic heterocycles. The maximum Gasteiger partial charge on any atom is 0.195 e. The normalized spacial score (nSPS) is 21.9. The zero-order valence-electron chi connectivity index (χ0n) is 18.8. The molecule has 2 fully saturated rings. The highest BCUT2D eigenvalue weighted by atomic mass is 16.5. The molecule has 0 saturated carbocycles. The minimum atomic E-state index is -0.105. The summed E-state index contributed by atoms with van der Waals surface area (Å²) < 4.78 is 5.68. The number of ether oxygens (including phenoxy) is 1. The van der Waals surface area contributed by atoms with Gasteiger partial charge in [0.15, 0.2) is 5.78 Å². The van der Waals surface area contributed by atoms with Gasteiger partial charge in [-0.1, -0.05) is 0 Å². The molecular weight excluding hydrogens is 420 g/mol. The van der Waals surface area contributed by atoms with Crippen molar-refractivity contribution in [1.82, 2.24) is 19.9 Å². The van der Waals surface area contributed by atoms with Crippen LogP contribution in [0.5, 0.6) is 0 Å². The van der Waals surface area contributed by atoms with Gasteiger partial charge in [0.05, 0.1) is 36.3 Å². The molecule has 33 heavy (non-hydrogen) atoms. The Morgan fingerprint density at radius 1 is 1.18 bits per heavy atom. The van der Waals surface area contributed by atoms with Crippen molar-refractivity contribution >= 4 is 28.3 Å². The van der Waals surface area contributed by atoms with Crippen LogP contribution in [0.15, 0.2) is 36.8 Å². The minimum Gasteiger partial charge on any atom is -0.394 e. The molecule has 5 rings (SSSR count). The third kappa shape index (κ3) is 4.57. The number of fused-ring (bicyclic) bond motifs is 1. The van der Waals surface area contributed by atoms with Crippen molar-refractivity contribution in [2.45, 2.75) is 25.0 Å². The van der Waals surface area contributed by atoms with Crippen LogP contribution in [0.1, 0.15) is 28.8 Å². The van der Waals surface area contributed by atoms with E-state index in [1.807, 2.05) is 24.3 Å². The van der Waals surface area contributed by atoms with Crippen LogP contribution in [0, 0.1) is 0 Å². The van der Waals surface area contributed by atoms with Gasteiger partial charge in [0.2, 0.25) is 0 Å². The Bertz CT molecular complexity index is 1100. The summed E-state index contributed by atoms with van der Waals surface area (Å²) in [6.07, 6.45) is 4.73. The largest absolute Gasteiger partial charge is 0.394 e. The number of nitrogens with one attached hydrogen (secondary N) is 2. The topological polar surface area (TPSA) is 107 Å².